The molecule has 1 aliphatic heterocycles. The molecule has 0 aromatic rings. The van der Waals surface area contributed by atoms with Crippen LogP contribution in [0.2, 0.25) is 0 Å². The van der Waals surface area contributed by atoms with Crippen LogP contribution in [-0.4, -0.2) is 86.8 Å². The lowest BCUT2D eigenvalue weighted by Crippen LogP contribution is -2.42. The van der Waals surface area contributed by atoms with Crippen LogP contribution in [0.1, 0.15) is 70.6 Å². The summed E-state index contributed by atoms with van der Waals surface area (Å²) in [5, 5.41) is 3.32. The molecule has 0 aromatic heterocycles. The highest BCUT2D eigenvalue weighted by molar-refractivity contribution is 5.81. The number of nitrogens with one attached hydrogen (secondary N) is 1. The number of nitrogens with zero attached hydrogens (tertiary/aromatic N) is 1. The van der Waals surface area contributed by atoms with Crippen molar-refractivity contribution in [1.82, 2.24) is 10.2 Å². The lowest BCUT2D eigenvalue weighted by atomic mass is 9.80. The third kappa shape index (κ3) is 13.3. The minimum Gasteiger partial charge on any atom is -0.463 e. The van der Waals surface area contributed by atoms with Crippen LogP contribution in [0, 0.1) is 41.4 Å². The SMILES string of the molecule is C=CC(=O)OCCCCCCOC1CCC(C#CC2CCC(C#CC3NC(COC(=O)C=C)C(COC(=O)C=C)N3C)C(F)C2)CC1. The molecule has 9 nitrogen and oxygen atoms in total. The minimum absolute atomic E-state index is 0.0393. The highest BCUT2D eigenvalue weighted by atomic mass is 19.1. The van der Waals surface area contributed by atoms with Crippen LogP contribution in [-0.2, 0) is 33.3 Å². The molecule has 6 atom stereocenters. The average Bonchev–Trinajstić information content (AvgIpc) is 3.39. The number of hydrogen-bond donors (Lipinski definition) is 1. The summed E-state index contributed by atoms with van der Waals surface area (Å²) in [6.07, 6.45) is 12.0. The van der Waals surface area contributed by atoms with Crippen molar-refractivity contribution in [2.45, 2.75) is 101 Å². The van der Waals surface area contributed by atoms with E-state index in [4.69, 9.17) is 18.9 Å². The molecule has 0 aromatic carbocycles. The summed E-state index contributed by atoms with van der Waals surface area (Å²) in [5.74, 6) is 11.7. The fourth-order valence-electron chi connectivity index (χ4n) is 6.14. The highest BCUT2D eigenvalue weighted by Crippen LogP contribution is 2.32. The number of rotatable bonds is 15. The van der Waals surface area contributed by atoms with Gasteiger partial charge >= 0.3 is 17.9 Å². The van der Waals surface area contributed by atoms with Gasteiger partial charge in [-0.15, -0.1) is 0 Å². The van der Waals surface area contributed by atoms with Gasteiger partial charge < -0.3 is 18.9 Å². The van der Waals surface area contributed by atoms with Crippen molar-refractivity contribution in [3.63, 3.8) is 0 Å². The molecule has 10 heteroatoms. The van der Waals surface area contributed by atoms with Crippen molar-refractivity contribution in [2.75, 3.05) is 33.5 Å². The number of carbonyl (C=O) groups excluding carboxylic acids is 3. The van der Waals surface area contributed by atoms with Crippen LogP contribution < -0.4 is 5.32 Å². The first-order valence-corrected chi connectivity index (χ1v) is 16.9. The van der Waals surface area contributed by atoms with E-state index in [2.05, 4.69) is 48.7 Å². The summed E-state index contributed by atoms with van der Waals surface area (Å²) in [5.41, 5.74) is 0. The number of carbonyl (C=O) groups is 3. The Balaban J connectivity index is 1.37. The fourth-order valence-corrected chi connectivity index (χ4v) is 6.14. The van der Waals surface area contributed by atoms with Crippen LogP contribution >= 0.6 is 0 Å². The first-order valence-electron chi connectivity index (χ1n) is 16.9. The van der Waals surface area contributed by atoms with E-state index >= 15 is 4.39 Å². The van der Waals surface area contributed by atoms with Gasteiger partial charge in [-0.2, -0.15) is 0 Å². The van der Waals surface area contributed by atoms with Gasteiger partial charge in [0.15, 0.2) is 0 Å². The molecule has 1 saturated heterocycles. The third-order valence-electron chi connectivity index (χ3n) is 9.05. The summed E-state index contributed by atoms with van der Waals surface area (Å²) in [6.45, 7) is 11.5. The molecule has 0 spiro atoms. The zero-order chi connectivity index (χ0) is 34.0. The Bertz CT molecular complexity index is 1190. The van der Waals surface area contributed by atoms with E-state index in [-0.39, 0.29) is 49.2 Å². The van der Waals surface area contributed by atoms with Gasteiger partial charge in [0.2, 0.25) is 0 Å². The maximum Gasteiger partial charge on any atom is 0.330 e. The smallest absolute Gasteiger partial charge is 0.330 e. The van der Waals surface area contributed by atoms with Crippen molar-refractivity contribution in [1.29, 1.82) is 0 Å². The summed E-state index contributed by atoms with van der Waals surface area (Å²) >= 11 is 0. The maximum absolute atomic E-state index is 15.2. The Morgan fingerprint density at radius 2 is 1.36 bits per heavy atom. The van der Waals surface area contributed by atoms with Gasteiger partial charge in [-0.3, -0.25) is 10.2 Å². The van der Waals surface area contributed by atoms with Crippen LogP contribution in [0.5, 0.6) is 0 Å². The fraction of sp³-hybridized carbons (Fsp3) is 0.649. The molecule has 3 aliphatic rings. The number of ether oxygens (including phenoxy) is 4. The molecule has 47 heavy (non-hydrogen) atoms. The second kappa shape index (κ2) is 20.7. The first kappa shape index (κ1) is 38.0. The van der Waals surface area contributed by atoms with E-state index < -0.39 is 24.3 Å². The highest BCUT2D eigenvalue weighted by Gasteiger charge is 2.39. The van der Waals surface area contributed by atoms with E-state index in [9.17, 15) is 14.4 Å². The van der Waals surface area contributed by atoms with E-state index in [1.165, 1.54) is 6.08 Å². The molecule has 0 bridgehead atoms. The Hall–Kier alpha value is -3.44. The molecule has 0 radical (unpaired) electrons. The first-order chi connectivity index (χ1) is 22.7. The van der Waals surface area contributed by atoms with E-state index in [0.717, 1.165) is 76.5 Å². The minimum atomic E-state index is -1.05. The number of unbranched alkanes of at least 4 members (excludes halogenated alkanes) is 3. The van der Waals surface area contributed by atoms with Gasteiger partial charge in [0.1, 0.15) is 25.6 Å². The van der Waals surface area contributed by atoms with E-state index in [0.29, 0.717) is 25.4 Å². The topological polar surface area (TPSA) is 103 Å². The standard InChI is InChI=1S/C37H51FN2O7/c1-5-35(41)45-23-11-9-8-10-22-44-30-19-15-27(16-20-30)12-13-28-14-17-29(31(38)24-28)18-21-34-39-32(25-46-36(42)6-2)33(40(34)4)26-47-37(43)7-3/h5-7,27-34,39H,1-3,8-11,14-17,19-20,22-26H2,4H3. The molecule has 258 valence electrons. The lowest BCUT2D eigenvalue weighted by molar-refractivity contribution is -0.141. The van der Waals surface area contributed by atoms with Crippen molar-refractivity contribution < 1.29 is 37.7 Å². The molecular weight excluding hydrogens is 603 g/mol. The molecule has 1 heterocycles. The van der Waals surface area contributed by atoms with Crippen LogP contribution in [0.4, 0.5) is 4.39 Å². The van der Waals surface area contributed by atoms with Gasteiger partial charge in [-0.05, 0) is 71.3 Å². The quantitative estimate of drug-likeness (QED) is 0.0888. The van der Waals surface area contributed by atoms with Gasteiger partial charge in [0.25, 0.3) is 0 Å². The van der Waals surface area contributed by atoms with Crippen LogP contribution in [0.25, 0.3) is 0 Å². The molecule has 2 saturated carbocycles. The zero-order valence-electron chi connectivity index (χ0n) is 27.8. The number of alkyl halides is 1. The normalized spacial score (nSPS) is 28.8. The number of likely N-dealkylation sites (N-methyl/N-ethyl adjacent to an activating group) is 1. The summed E-state index contributed by atoms with van der Waals surface area (Å²) in [6, 6.07) is -0.643. The average molecular weight is 655 g/mol. The largest absolute Gasteiger partial charge is 0.463 e. The predicted molar refractivity (Wildman–Crippen MR) is 177 cm³/mol. The van der Waals surface area contributed by atoms with Crippen molar-refractivity contribution in [3.05, 3.63) is 38.0 Å². The van der Waals surface area contributed by atoms with Gasteiger partial charge in [-0.1, -0.05) is 49.8 Å². The molecular formula is C37H51FN2O7. The summed E-state index contributed by atoms with van der Waals surface area (Å²) in [4.78, 5) is 36.2. The Kier molecular flexibility index (Phi) is 16.8. The number of halogens is 1. The molecule has 1 N–H and O–H groups in total. The lowest BCUT2D eigenvalue weighted by Gasteiger charge is -2.27. The van der Waals surface area contributed by atoms with Crippen LogP contribution in [0.15, 0.2) is 38.0 Å². The Morgan fingerprint density at radius 3 is 2.02 bits per heavy atom. The predicted octanol–water partition coefficient (Wildman–Crippen LogP) is 4.67. The number of hydrogen-bond acceptors (Lipinski definition) is 9. The molecule has 0 amide bonds. The molecule has 6 unspecified atom stereocenters. The number of esters is 3. The van der Waals surface area contributed by atoms with Gasteiger partial charge in [-0.25, -0.2) is 18.8 Å². The molecule has 2 aliphatic carbocycles. The van der Waals surface area contributed by atoms with E-state index in [1.54, 1.807) is 0 Å². The second-order valence-electron chi connectivity index (χ2n) is 12.4. The van der Waals surface area contributed by atoms with Gasteiger partial charge in [0, 0.05) is 36.7 Å². The maximum atomic E-state index is 15.2. The second-order valence-corrected chi connectivity index (χ2v) is 12.4. The van der Waals surface area contributed by atoms with E-state index in [1.807, 2.05) is 11.9 Å². The monoisotopic (exact) mass is 654 g/mol. The van der Waals surface area contributed by atoms with Crippen molar-refractivity contribution in [2.24, 2.45) is 17.8 Å². The molecule has 3 rings (SSSR count). The Morgan fingerprint density at radius 1 is 0.766 bits per heavy atom. The third-order valence-corrected chi connectivity index (χ3v) is 9.05. The van der Waals surface area contributed by atoms with Crippen LogP contribution in [0.3, 0.4) is 0 Å². The molecule has 3 fully saturated rings. The zero-order valence-corrected chi connectivity index (χ0v) is 27.8. The Labute approximate surface area is 279 Å². The van der Waals surface area contributed by atoms with Crippen molar-refractivity contribution in [3.8, 4) is 23.7 Å². The summed E-state index contributed by atoms with van der Waals surface area (Å²) in [7, 11) is 1.84. The summed E-state index contributed by atoms with van der Waals surface area (Å²) < 4.78 is 36.8. The van der Waals surface area contributed by atoms with Crippen molar-refractivity contribution >= 4 is 17.9 Å². The van der Waals surface area contributed by atoms with Gasteiger partial charge in [0.05, 0.1) is 30.7 Å².